The number of ether oxygens (including phenoxy) is 4. The molecule has 0 saturated carbocycles. The Balaban J connectivity index is 1.76. The molecule has 0 spiro atoms. The molecule has 2 aliphatic heterocycles. The maximum atomic E-state index is 13.4. The van der Waals surface area contributed by atoms with E-state index in [9.17, 15) is 14.7 Å². The second-order valence-corrected chi connectivity index (χ2v) is 9.74. The number of ketones is 1. The topological polar surface area (TPSA) is 97.8 Å². The lowest BCUT2D eigenvalue weighted by molar-refractivity contribution is -0.140. The average Bonchev–Trinajstić information content (AvgIpc) is 3.21. The van der Waals surface area contributed by atoms with E-state index in [4.69, 9.17) is 18.9 Å². The van der Waals surface area contributed by atoms with Crippen molar-refractivity contribution in [2.75, 3.05) is 60.2 Å². The summed E-state index contributed by atoms with van der Waals surface area (Å²) in [5.74, 6) is 0.184. The van der Waals surface area contributed by atoms with E-state index in [1.807, 2.05) is 13.0 Å². The van der Waals surface area contributed by atoms with Gasteiger partial charge in [0.1, 0.15) is 11.5 Å². The smallest absolute Gasteiger partial charge is 0.295 e. The van der Waals surface area contributed by atoms with E-state index in [2.05, 4.69) is 11.8 Å². The highest BCUT2D eigenvalue weighted by molar-refractivity contribution is 6.46. The minimum atomic E-state index is -0.785. The Bertz CT molecular complexity index is 1220. The van der Waals surface area contributed by atoms with Crippen molar-refractivity contribution >= 4 is 17.4 Å². The van der Waals surface area contributed by atoms with Crippen molar-refractivity contribution < 1.29 is 33.6 Å². The molecular weight excluding hydrogens is 500 g/mol. The molecule has 9 heteroatoms. The van der Waals surface area contributed by atoms with Gasteiger partial charge in [-0.05, 0) is 54.8 Å². The third-order valence-corrected chi connectivity index (χ3v) is 7.23. The summed E-state index contributed by atoms with van der Waals surface area (Å²) in [6.45, 7) is 8.21. The van der Waals surface area contributed by atoms with Crippen LogP contribution in [-0.4, -0.2) is 86.8 Å². The fourth-order valence-corrected chi connectivity index (χ4v) is 5.01. The Hall–Kier alpha value is -3.56. The Morgan fingerprint density at radius 3 is 2.38 bits per heavy atom. The molecule has 0 bridgehead atoms. The zero-order chi connectivity index (χ0) is 27.9. The predicted octanol–water partition coefficient (Wildman–Crippen LogP) is 3.95. The van der Waals surface area contributed by atoms with Crippen LogP contribution in [0.3, 0.4) is 0 Å². The SMILES string of the molecule is CCCCOc1ccc(C2C(=C(O)c3ccc(OC)c(C)c3)C(=O)C(=O)N2CCN2CCOCC2)cc1OC. The van der Waals surface area contributed by atoms with Gasteiger partial charge < -0.3 is 29.0 Å². The monoisotopic (exact) mass is 538 g/mol. The molecule has 1 atom stereocenters. The quantitative estimate of drug-likeness (QED) is 0.199. The number of unbranched alkanes of at least 4 members (excludes halogenated alkanes) is 1. The van der Waals surface area contributed by atoms with Gasteiger partial charge >= 0.3 is 0 Å². The van der Waals surface area contributed by atoms with Crippen molar-refractivity contribution in [2.45, 2.75) is 32.7 Å². The Morgan fingerprint density at radius 2 is 1.72 bits per heavy atom. The molecule has 2 aromatic rings. The van der Waals surface area contributed by atoms with Gasteiger partial charge in [-0.3, -0.25) is 14.5 Å². The molecule has 2 aromatic carbocycles. The Kier molecular flexibility index (Phi) is 9.48. The van der Waals surface area contributed by atoms with Crippen LogP contribution in [0.25, 0.3) is 5.76 Å². The van der Waals surface area contributed by atoms with Gasteiger partial charge in [-0.25, -0.2) is 0 Å². The van der Waals surface area contributed by atoms with Gasteiger partial charge in [0, 0.05) is 31.7 Å². The summed E-state index contributed by atoms with van der Waals surface area (Å²) >= 11 is 0. The third kappa shape index (κ3) is 6.20. The molecule has 0 aromatic heterocycles. The standard InChI is InChI=1S/C30H38N2O7/c1-5-6-15-39-24-10-7-21(19-25(24)37-4)27-26(28(33)22-8-9-23(36-3)20(2)18-22)29(34)30(35)32(27)12-11-31-13-16-38-17-14-31/h7-10,18-19,27,33H,5-6,11-17H2,1-4H3. The number of likely N-dealkylation sites (tertiary alicyclic amines) is 1. The first-order chi connectivity index (χ1) is 18.9. The number of hydrogen-bond donors (Lipinski definition) is 1. The van der Waals surface area contributed by atoms with E-state index >= 15 is 0 Å². The number of aryl methyl sites for hydroxylation is 1. The normalized spacial score (nSPS) is 19.4. The first-order valence-corrected chi connectivity index (χ1v) is 13.4. The lowest BCUT2D eigenvalue weighted by atomic mass is 9.94. The van der Waals surface area contributed by atoms with Gasteiger partial charge in [-0.1, -0.05) is 19.4 Å². The number of carbonyl (C=O) groups excluding carboxylic acids is 2. The van der Waals surface area contributed by atoms with Crippen molar-refractivity contribution in [2.24, 2.45) is 0 Å². The fraction of sp³-hybridized carbons (Fsp3) is 0.467. The second-order valence-electron chi connectivity index (χ2n) is 9.74. The van der Waals surface area contributed by atoms with Gasteiger partial charge in [-0.15, -0.1) is 0 Å². The summed E-state index contributed by atoms with van der Waals surface area (Å²) in [4.78, 5) is 30.6. The van der Waals surface area contributed by atoms with Gasteiger partial charge in [0.15, 0.2) is 11.5 Å². The van der Waals surface area contributed by atoms with E-state index in [1.54, 1.807) is 49.5 Å². The molecule has 2 heterocycles. The van der Waals surface area contributed by atoms with Crippen LogP contribution in [0.2, 0.25) is 0 Å². The Labute approximate surface area is 229 Å². The fourth-order valence-electron chi connectivity index (χ4n) is 5.01. The zero-order valence-corrected chi connectivity index (χ0v) is 23.2. The molecule has 2 aliphatic rings. The third-order valence-electron chi connectivity index (χ3n) is 7.23. The molecule has 210 valence electrons. The summed E-state index contributed by atoms with van der Waals surface area (Å²) < 4.78 is 22.3. The van der Waals surface area contributed by atoms with Crippen LogP contribution >= 0.6 is 0 Å². The maximum Gasteiger partial charge on any atom is 0.295 e. The molecule has 1 N–H and O–H groups in total. The van der Waals surface area contributed by atoms with Crippen molar-refractivity contribution in [3.8, 4) is 17.2 Å². The molecule has 0 aliphatic carbocycles. The van der Waals surface area contributed by atoms with Crippen LogP contribution in [0.4, 0.5) is 0 Å². The maximum absolute atomic E-state index is 13.4. The van der Waals surface area contributed by atoms with Crippen LogP contribution in [0, 0.1) is 6.92 Å². The molecule has 0 radical (unpaired) electrons. The van der Waals surface area contributed by atoms with Crippen LogP contribution in [0.15, 0.2) is 42.0 Å². The molecule has 1 unspecified atom stereocenters. The lowest BCUT2D eigenvalue weighted by Gasteiger charge is -2.31. The van der Waals surface area contributed by atoms with E-state index in [0.717, 1.165) is 31.5 Å². The van der Waals surface area contributed by atoms with Crippen molar-refractivity contribution in [3.63, 3.8) is 0 Å². The number of Topliss-reactive ketones (excluding diaryl/α,β-unsaturated/α-hetero) is 1. The number of morpholine rings is 1. The molecular formula is C30H38N2O7. The van der Waals surface area contributed by atoms with Crippen LogP contribution < -0.4 is 14.2 Å². The van der Waals surface area contributed by atoms with Crippen LogP contribution in [0.5, 0.6) is 17.2 Å². The number of carbonyl (C=O) groups is 2. The minimum Gasteiger partial charge on any atom is -0.507 e. The number of aliphatic hydroxyl groups is 1. The highest BCUT2D eigenvalue weighted by Gasteiger charge is 2.46. The van der Waals surface area contributed by atoms with Crippen molar-refractivity contribution in [1.29, 1.82) is 0 Å². The second kappa shape index (κ2) is 13.0. The van der Waals surface area contributed by atoms with Gasteiger partial charge in [0.2, 0.25) is 0 Å². The van der Waals surface area contributed by atoms with Gasteiger partial charge in [0.05, 0.1) is 45.7 Å². The zero-order valence-electron chi connectivity index (χ0n) is 23.2. The van der Waals surface area contributed by atoms with Crippen LogP contribution in [0.1, 0.15) is 42.5 Å². The first kappa shape index (κ1) is 28.4. The summed E-state index contributed by atoms with van der Waals surface area (Å²) in [5.41, 5.74) is 1.95. The van der Waals surface area contributed by atoms with E-state index in [0.29, 0.717) is 61.3 Å². The van der Waals surface area contributed by atoms with Crippen LogP contribution in [-0.2, 0) is 14.3 Å². The summed E-state index contributed by atoms with van der Waals surface area (Å²) in [7, 11) is 3.13. The average molecular weight is 539 g/mol. The molecule has 4 rings (SSSR count). The molecule has 9 nitrogen and oxygen atoms in total. The number of benzene rings is 2. The van der Waals surface area contributed by atoms with E-state index < -0.39 is 17.7 Å². The van der Waals surface area contributed by atoms with Crippen molar-refractivity contribution in [3.05, 3.63) is 58.7 Å². The largest absolute Gasteiger partial charge is 0.507 e. The molecule has 2 saturated heterocycles. The highest BCUT2D eigenvalue weighted by atomic mass is 16.5. The molecule has 39 heavy (non-hydrogen) atoms. The number of nitrogens with zero attached hydrogens (tertiary/aromatic N) is 2. The Morgan fingerprint density at radius 1 is 1.00 bits per heavy atom. The number of rotatable bonds is 11. The number of aliphatic hydroxyl groups excluding tert-OH is 1. The minimum absolute atomic E-state index is 0.0493. The lowest BCUT2D eigenvalue weighted by Crippen LogP contribution is -2.42. The summed E-state index contributed by atoms with van der Waals surface area (Å²) in [6.07, 6.45) is 1.91. The number of methoxy groups -OCH3 is 2. The summed E-state index contributed by atoms with van der Waals surface area (Å²) in [5, 5.41) is 11.4. The first-order valence-electron chi connectivity index (χ1n) is 13.4. The summed E-state index contributed by atoms with van der Waals surface area (Å²) in [6, 6.07) is 9.79. The number of hydrogen-bond acceptors (Lipinski definition) is 8. The van der Waals surface area contributed by atoms with E-state index in [1.165, 1.54) is 0 Å². The van der Waals surface area contributed by atoms with Crippen molar-refractivity contribution in [1.82, 2.24) is 9.80 Å². The van der Waals surface area contributed by atoms with E-state index in [-0.39, 0.29) is 11.3 Å². The molecule has 2 fully saturated rings. The van der Waals surface area contributed by atoms with Gasteiger partial charge in [-0.2, -0.15) is 0 Å². The van der Waals surface area contributed by atoms with Gasteiger partial charge in [0.25, 0.3) is 11.7 Å². The highest BCUT2D eigenvalue weighted by Crippen LogP contribution is 2.42. The predicted molar refractivity (Wildman–Crippen MR) is 147 cm³/mol. The number of amides is 1. The molecule has 1 amide bonds.